The Kier molecular flexibility index (Phi) is 10.2. The van der Waals surface area contributed by atoms with Crippen molar-refractivity contribution < 1.29 is 14.3 Å². The van der Waals surface area contributed by atoms with Crippen LogP contribution in [0.15, 0.2) is 33.7 Å². The molecule has 27 heavy (non-hydrogen) atoms. The number of carbonyl (C=O) groups excluding carboxylic acids is 1. The molecule has 8 heteroatoms. The number of aliphatic imine (C=N–C) groups is 1. The van der Waals surface area contributed by atoms with Crippen LogP contribution in [-0.4, -0.2) is 58.4 Å². The number of hydrogen-bond donors (Lipinski definition) is 3. The van der Waals surface area contributed by atoms with Crippen molar-refractivity contribution in [1.82, 2.24) is 10.6 Å². The molecule has 1 saturated heterocycles. The second-order valence-corrected chi connectivity index (χ2v) is 7.30. The molecule has 1 fully saturated rings. The Balaban J connectivity index is 1.50. The maximum Gasteiger partial charge on any atom is 0.226 e. The summed E-state index contributed by atoms with van der Waals surface area (Å²) >= 11 is 3.37. The quantitative estimate of drug-likeness (QED) is 0.295. The third-order valence-electron chi connectivity index (χ3n) is 4.13. The van der Waals surface area contributed by atoms with Gasteiger partial charge in [0, 0.05) is 55.8 Å². The average molecular weight is 441 g/mol. The van der Waals surface area contributed by atoms with E-state index < -0.39 is 0 Å². The molecular formula is C19H29BrN4O3. The SMILES string of the molecule is CN=C(NCCCOCC1CCOC1)NCCC(=O)Nc1ccc(Br)cc1. The third kappa shape index (κ3) is 9.21. The molecule has 0 bridgehead atoms. The van der Waals surface area contributed by atoms with Crippen LogP contribution in [0, 0.1) is 5.92 Å². The Bertz CT molecular complexity index is 589. The summed E-state index contributed by atoms with van der Waals surface area (Å²) < 4.78 is 12.0. The van der Waals surface area contributed by atoms with Crippen molar-refractivity contribution in [3.8, 4) is 0 Å². The van der Waals surface area contributed by atoms with E-state index in [9.17, 15) is 4.79 Å². The summed E-state index contributed by atoms with van der Waals surface area (Å²) in [5.74, 6) is 1.20. The molecule has 1 unspecified atom stereocenters. The Morgan fingerprint density at radius 2 is 2.07 bits per heavy atom. The van der Waals surface area contributed by atoms with Gasteiger partial charge in [-0.1, -0.05) is 15.9 Å². The second-order valence-electron chi connectivity index (χ2n) is 6.39. The second kappa shape index (κ2) is 12.7. The van der Waals surface area contributed by atoms with Gasteiger partial charge in [0.2, 0.25) is 5.91 Å². The number of amides is 1. The summed E-state index contributed by atoms with van der Waals surface area (Å²) in [6.07, 6.45) is 2.37. The van der Waals surface area contributed by atoms with Gasteiger partial charge < -0.3 is 25.4 Å². The fourth-order valence-electron chi connectivity index (χ4n) is 2.62. The van der Waals surface area contributed by atoms with Crippen LogP contribution >= 0.6 is 15.9 Å². The molecule has 0 spiro atoms. The van der Waals surface area contributed by atoms with Gasteiger partial charge in [-0.15, -0.1) is 0 Å². The molecule has 1 aliphatic heterocycles. The van der Waals surface area contributed by atoms with Crippen molar-refractivity contribution in [1.29, 1.82) is 0 Å². The number of rotatable bonds is 10. The normalized spacial score (nSPS) is 17.0. The van der Waals surface area contributed by atoms with Crippen molar-refractivity contribution in [2.75, 3.05) is 51.9 Å². The predicted octanol–water partition coefficient (Wildman–Crippen LogP) is 2.39. The molecule has 2 rings (SSSR count). The monoisotopic (exact) mass is 440 g/mol. The highest BCUT2D eigenvalue weighted by atomic mass is 79.9. The molecule has 150 valence electrons. The molecular weight excluding hydrogens is 412 g/mol. The molecule has 3 N–H and O–H groups in total. The van der Waals surface area contributed by atoms with Gasteiger partial charge in [0.05, 0.1) is 13.2 Å². The van der Waals surface area contributed by atoms with Gasteiger partial charge in [-0.05, 0) is 37.1 Å². The van der Waals surface area contributed by atoms with E-state index in [1.54, 1.807) is 7.05 Å². The number of guanidine groups is 1. The first-order valence-electron chi connectivity index (χ1n) is 9.33. The van der Waals surface area contributed by atoms with Gasteiger partial charge in [-0.3, -0.25) is 9.79 Å². The van der Waals surface area contributed by atoms with E-state index in [-0.39, 0.29) is 5.91 Å². The Hall–Kier alpha value is -1.64. The molecule has 0 radical (unpaired) electrons. The lowest BCUT2D eigenvalue weighted by molar-refractivity contribution is -0.116. The van der Waals surface area contributed by atoms with Gasteiger partial charge in [0.1, 0.15) is 0 Å². The van der Waals surface area contributed by atoms with Crippen molar-refractivity contribution in [2.45, 2.75) is 19.3 Å². The van der Waals surface area contributed by atoms with Gasteiger partial charge >= 0.3 is 0 Å². The summed E-state index contributed by atoms with van der Waals surface area (Å²) in [6, 6.07) is 7.51. The molecule has 1 atom stereocenters. The highest BCUT2D eigenvalue weighted by Crippen LogP contribution is 2.14. The Morgan fingerprint density at radius 1 is 1.30 bits per heavy atom. The zero-order valence-corrected chi connectivity index (χ0v) is 17.4. The van der Waals surface area contributed by atoms with E-state index in [2.05, 4.69) is 36.9 Å². The minimum atomic E-state index is -0.0374. The first-order valence-corrected chi connectivity index (χ1v) is 10.1. The summed E-state index contributed by atoms with van der Waals surface area (Å²) in [5, 5.41) is 9.23. The largest absolute Gasteiger partial charge is 0.381 e. The lowest BCUT2D eigenvalue weighted by atomic mass is 10.1. The van der Waals surface area contributed by atoms with Crippen molar-refractivity contribution in [3.63, 3.8) is 0 Å². The maximum absolute atomic E-state index is 12.0. The zero-order valence-electron chi connectivity index (χ0n) is 15.8. The number of nitrogens with zero attached hydrogens (tertiary/aromatic N) is 1. The van der Waals surface area contributed by atoms with Crippen LogP contribution in [0.2, 0.25) is 0 Å². The fourth-order valence-corrected chi connectivity index (χ4v) is 2.88. The lowest BCUT2D eigenvalue weighted by Gasteiger charge is -2.12. The van der Waals surface area contributed by atoms with E-state index >= 15 is 0 Å². The standard InChI is InChI=1S/C19H29BrN4O3/c1-21-19(22-9-2-11-26-13-15-8-12-27-14-15)23-10-7-18(25)24-17-5-3-16(20)4-6-17/h3-6,15H,2,7-14H2,1H3,(H,24,25)(H2,21,22,23). The Morgan fingerprint density at radius 3 is 2.78 bits per heavy atom. The number of carbonyl (C=O) groups is 1. The number of benzene rings is 1. The molecule has 1 aromatic rings. The number of ether oxygens (including phenoxy) is 2. The number of nitrogens with one attached hydrogen (secondary N) is 3. The molecule has 1 aromatic carbocycles. The van der Waals surface area contributed by atoms with Crippen LogP contribution in [0.25, 0.3) is 0 Å². The minimum absolute atomic E-state index is 0.0374. The minimum Gasteiger partial charge on any atom is -0.381 e. The van der Waals surface area contributed by atoms with Gasteiger partial charge in [0.15, 0.2) is 5.96 Å². The van der Waals surface area contributed by atoms with E-state index in [4.69, 9.17) is 9.47 Å². The van der Waals surface area contributed by atoms with Crippen LogP contribution in [0.4, 0.5) is 5.69 Å². The molecule has 1 heterocycles. The van der Waals surface area contributed by atoms with Crippen molar-refractivity contribution in [3.05, 3.63) is 28.7 Å². The van der Waals surface area contributed by atoms with Crippen molar-refractivity contribution in [2.24, 2.45) is 10.9 Å². The van der Waals surface area contributed by atoms with Gasteiger partial charge in [-0.2, -0.15) is 0 Å². The van der Waals surface area contributed by atoms with Gasteiger partial charge in [0.25, 0.3) is 0 Å². The highest BCUT2D eigenvalue weighted by molar-refractivity contribution is 9.10. The topological polar surface area (TPSA) is 84.0 Å². The first-order chi connectivity index (χ1) is 13.2. The number of hydrogen-bond acceptors (Lipinski definition) is 4. The summed E-state index contributed by atoms with van der Waals surface area (Å²) in [7, 11) is 1.72. The first kappa shape index (κ1) is 21.7. The van der Waals surface area contributed by atoms with Crippen LogP contribution < -0.4 is 16.0 Å². The number of anilines is 1. The molecule has 0 aromatic heterocycles. The summed E-state index contributed by atoms with van der Waals surface area (Å²) in [5.41, 5.74) is 0.787. The zero-order chi connectivity index (χ0) is 19.3. The summed E-state index contributed by atoms with van der Waals surface area (Å²) in [6.45, 7) is 4.46. The van der Waals surface area contributed by atoms with Crippen LogP contribution in [0.5, 0.6) is 0 Å². The van der Waals surface area contributed by atoms with Crippen LogP contribution in [0.1, 0.15) is 19.3 Å². The van der Waals surface area contributed by atoms with Crippen LogP contribution in [0.3, 0.4) is 0 Å². The van der Waals surface area contributed by atoms with E-state index in [1.165, 1.54) is 0 Å². The van der Waals surface area contributed by atoms with E-state index in [0.29, 0.717) is 24.8 Å². The maximum atomic E-state index is 12.0. The lowest BCUT2D eigenvalue weighted by Crippen LogP contribution is -2.39. The van der Waals surface area contributed by atoms with E-state index in [0.717, 1.165) is 56.0 Å². The third-order valence-corrected chi connectivity index (χ3v) is 4.66. The molecule has 1 amide bonds. The molecule has 0 aliphatic carbocycles. The highest BCUT2D eigenvalue weighted by Gasteiger charge is 2.15. The average Bonchev–Trinajstić information content (AvgIpc) is 3.18. The fraction of sp³-hybridized carbons (Fsp3) is 0.579. The van der Waals surface area contributed by atoms with Crippen molar-refractivity contribution >= 4 is 33.5 Å². The summed E-state index contributed by atoms with van der Waals surface area (Å²) in [4.78, 5) is 16.1. The van der Waals surface area contributed by atoms with E-state index in [1.807, 2.05) is 24.3 Å². The molecule has 1 aliphatic rings. The van der Waals surface area contributed by atoms with Crippen LogP contribution in [-0.2, 0) is 14.3 Å². The Labute approximate surface area is 169 Å². The molecule has 0 saturated carbocycles. The van der Waals surface area contributed by atoms with Gasteiger partial charge in [-0.25, -0.2) is 0 Å². The smallest absolute Gasteiger partial charge is 0.226 e. The number of halogens is 1. The molecule has 7 nitrogen and oxygen atoms in total. The predicted molar refractivity (Wildman–Crippen MR) is 111 cm³/mol.